The Kier molecular flexibility index (Phi) is 2.88. The average molecular weight is 227 g/mol. The van der Waals surface area contributed by atoms with Crippen LogP contribution in [-0.2, 0) is 19.1 Å². The van der Waals surface area contributed by atoms with Crippen molar-refractivity contribution in [2.45, 2.75) is 25.9 Å². The molecule has 1 atom stereocenters. The number of nitrogens with zero attached hydrogens (tertiary/aromatic N) is 1. The van der Waals surface area contributed by atoms with Crippen molar-refractivity contribution in [1.29, 1.82) is 0 Å². The summed E-state index contributed by atoms with van der Waals surface area (Å²) in [5, 5.41) is 0. The van der Waals surface area contributed by atoms with Gasteiger partial charge in [-0.1, -0.05) is 0 Å². The summed E-state index contributed by atoms with van der Waals surface area (Å²) in [6.07, 6.45) is 0.198. The Balaban J connectivity index is 2.06. The third kappa shape index (κ3) is 2.04. The predicted octanol–water partition coefficient (Wildman–Crippen LogP) is 0.187. The zero-order valence-corrected chi connectivity index (χ0v) is 9.69. The highest BCUT2D eigenvalue weighted by Gasteiger charge is 2.47. The number of hydrogen-bond donors (Lipinski definition) is 0. The molecule has 2 saturated heterocycles. The van der Waals surface area contributed by atoms with Crippen molar-refractivity contribution in [3.63, 3.8) is 0 Å². The van der Waals surface area contributed by atoms with Gasteiger partial charge in [0.05, 0.1) is 25.6 Å². The Bertz CT molecular complexity index is 307. The van der Waals surface area contributed by atoms with Gasteiger partial charge in [0.25, 0.3) is 0 Å². The highest BCUT2D eigenvalue weighted by molar-refractivity contribution is 5.87. The molecule has 90 valence electrons. The van der Waals surface area contributed by atoms with Crippen LogP contribution in [0.5, 0.6) is 0 Å². The Morgan fingerprint density at radius 2 is 2.00 bits per heavy atom. The summed E-state index contributed by atoms with van der Waals surface area (Å²) in [6.45, 7) is 5.96. The summed E-state index contributed by atoms with van der Waals surface area (Å²) in [4.78, 5) is 25.2. The van der Waals surface area contributed by atoms with Gasteiger partial charge in [0.1, 0.15) is 5.60 Å². The number of carbonyl (C=O) groups excluding carboxylic acids is 2. The smallest absolute Gasteiger partial charge is 0.307 e. The zero-order valence-electron chi connectivity index (χ0n) is 9.69. The molecule has 0 N–H and O–H groups in total. The molecule has 1 amide bonds. The van der Waals surface area contributed by atoms with Crippen LogP contribution in [0.25, 0.3) is 0 Å². The third-order valence-corrected chi connectivity index (χ3v) is 3.21. The molecule has 0 aromatic rings. The molecule has 0 aliphatic carbocycles. The van der Waals surface area contributed by atoms with Gasteiger partial charge in [0.15, 0.2) is 0 Å². The second kappa shape index (κ2) is 4.05. The van der Waals surface area contributed by atoms with Crippen LogP contribution in [0.3, 0.4) is 0 Å². The maximum atomic E-state index is 12.2. The number of esters is 1. The van der Waals surface area contributed by atoms with Gasteiger partial charge >= 0.3 is 5.97 Å². The summed E-state index contributed by atoms with van der Waals surface area (Å²) in [7, 11) is 0. The van der Waals surface area contributed by atoms with E-state index in [1.807, 2.05) is 0 Å². The first-order valence-electron chi connectivity index (χ1n) is 5.59. The monoisotopic (exact) mass is 227 g/mol. The Morgan fingerprint density at radius 3 is 2.50 bits per heavy atom. The number of hydrogen-bond acceptors (Lipinski definition) is 4. The van der Waals surface area contributed by atoms with Crippen LogP contribution in [0.2, 0.25) is 0 Å². The molecule has 2 fully saturated rings. The number of ether oxygens (including phenoxy) is 2. The van der Waals surface area contributed by atoms with Crippen LogP contribution in [0.4, 0.5) is 0 Å². The van der Waals surface area contributed by atoms with Crippen molar-refractivity contribution >= 4 is 11.9 Å². The van der Waals surface area contributed by atoms with Crippen molar-refractivity contribution in [2.24, 2.45) is 5.92 Å². The molecule has 0 spiro atoms. The van der Waals surface area contributed by atoms with Crippen molar-refractivity contribution in [3.8, 4) is 0 Å². The summed E-state index contributed by atoms with van der Waals surface area (Å²) in [5.41, 5.74) is -0.674. The molecule has 5 nitrogen and oxygen atoms in total. The van der Waals surface area contributed by atoms with E-state index in [0.717, 1.165) is 0 Å². The molecule has 2 aliphatic rings. The molecule has 2 heterocycles. The third-order valence-electron chi connectivity index (χ3n) is 3.21. The zero-order chi connectivity index (χ0) is 11.8. The molecular weight excluding hydrogens is 210 g/mol. The summed E-state index contributed by atoms with van der Waals surface area (Å²) >= 11 is 0. The minimum Gasteiger partial charge on any atom is -0.459 e. The quantitative estimate of drug-likeness (QED) is 0.600. The van der Waals surface area contributed by atoms with Gasteiger partial charge in [0, 0.05) is 13.1 Å². The lowest BCUT2D eigenvalue weighted by Gasteiger charge is -2.32. The Hall–Kier alpha value is -1.10. The molecule has 0 saturated carbocycles. The summed E-state index contributed by atoms with van der Waals surface area (Å²) in [6, 6.07) is 0. The Morgan fingerprint density at radius 1 is 1.38 bits per heavy atom. The van der Waals surface area contributed by atoms with E-state index in [9.17, 15) is 9.59 Å². The highest BCUT2D eigenvalue weighted by Crippen LogP contribution is 2.33. The first-order valence-corrected chi connectivity index (χ1v) is 5.59. The standard InChI is InChI=1S/C11H17NO4/c1-11(2)8(7-9(13)16-11)10(14)12-3-5-15-6-4-12/h8H,3-7H2,1-2H3. The van der Waals surface area contributed by atoms with Gasteiger partial charge < -0.3 is 14.4 Å². The van der Waals surface area contributed by atoms with E-state index < -0.39 is 5.60 Å². The second-order valence-corrected chi connectivity index (χ2v) is 4.77. The molecule has 0 bridgehead atoms. The molecule has 0 aromatic carbocycles. The van der Waals surface area contributed by atoms with Crippen LogP contribution < -0.4 is 0 Å². The second-order valence-electron chi connectivity index (χ2n) is 4.77. The highest BCUT2D eigenvalue weighted by atomic mass is 16.6. The molecule has 0 aromatic heterocycles. The van der Waals surface area contributed by atoms with Gasteiger partial charge in [0.2, 0.25) is 5.91 Å². The van der Waals surface area contributed by atoms with Crippen LogP contribution in [0, 0.1) is 5.92 Å². The topological polar surface area (TPSA) is 55.8 Å². The van der Waals surface area contributed by atoms with Crippen LogP contribution in [-0.4, -0.2) is 48.7 Å². The van der Waals surface area contributed by atoms with Gasteiger partial charge in [-0.3, -0.25) is 9.59 Å². The fraction of sp³-hybridized carbons (Fsp3) is 0.818. The number of morpholine rings is 1. The lowest BCUT2D eigenvalue weighted by atomic mass is 9.89. The SMILES string of the molecule is CC1(C)OC(=O)CC1C(=O)N1CCOCC1. The van der Waals surface area contributed by atoms with Gasteiger partial charge in [-0.05, 0) is 13.8 Å². The van der Waals surface area contributed by atoms with Gasteiger partial charge in [-0.2, -0.15) is 0 Å². The van der Waals surface area contributed by atoms with E-state index >= 15 is 0 Å². The largest absolute Gasteiger partial charge is 0.459 e. The fourth-order valence-corrected chi connectivity index (χ4v) is 2.21. The van der Waals surface area contributed by atoms with E-state index in [4.69, 9.17) is 9.47 Å². The van der Waals surface area contributed by atoms with Gasteiger partial charge in [-0.15, -0.1) is 0 Å². The normalized spacial score (nSPS) is 29.0. The van der Waals surface area contributed by atoms with E-state index in [0.29, 0.717) is 26.3 Å². The van der Waals surface area contributed by atoms with Gasteiger partial charge in [-0.25, -0.2) is 0 Å². The minimum atomic E-state index is -0.674. The number of cyclic esters (lactones) is 1. The molecule has 2 aliphatic heterocycles. The number of amides is 1. The maximum absolute atomic E-state index is 12.2. The lowest BCUT2D eigenvalue weighted by Crippen LogP contribution is -2.47. The molecule has 16 heavy (non-hydrogen) atoms. The van der Waals surface area contributed by atoms with E-state index in [1.54, 1.807) is 18.7 Å². The Labute approximate surface area is 94.7 Å². The van der Waals surface area contributed by atoms with Crippen LogP contribution >= 0.6 is 0 Å². The lowest BCUT2D eigenvalue weighted by molar-refractivity contribution is -0.150. The number of carbonyl (C=O) groups is 2. The summed E-state index contributed by atoms with van der Waals surface area (Å²) < 4.78 is 10.3. The predicted molar refractivity (Wildman–Crippen MR) is 55.7 cm³/mol. The number of rotatable bonds is 1. The summed E-state index contributed by atoms with van der Waals surface area (Å²) in [5.74, 6) is -0.617. The minimum absolute atomic E-state index is 0.0131. The first kappa shape index (κ1) is 11.4. The molecule has 1 unspecified atom stereocenters. The van der Waals surface area contributed by atoms with Crippen LogP contribution in [0.1, 0.15) is 20.3 Å². The fourth-order valence-electron chi connectivity index (χ4n) is 2.21. The molecule has 5 heteroatoms. The van der Waals surface area contributed by atoms with Crippen molar-refractivity contribution in [2.75, 3.05) is 26.3 Å². The van der Waals surface area contributed by atoms with E-state index in [-0.39, 0.29) is 24.2 Å². The molecular formula is C11H17NO4. The molecule has 2 rings (SSSR count). The van der Waals surface area contributed by atoms with Crippen LogP contribution in [0.15, 0.2) is 0 Å². The van der Waals surface area contributed by atoms with Crippen molar-refractivity contribution < 1.29 is 19.1 Å². The molecule has 0 radical (unpaired) electrons. The van der Waals surface area contributed by atoms with E-state index in [1.165, 1.54) is 0 Å². The maximum Gasteiger partial charge on any atom is 0.307 e. The first-order chi connectivity index (χ1) is 7.50. The average Bonchev–Trinajstić information content (AvgIpc) is 2.52. The van der Waals surface area contributed by atoms with E-state index in [2.05, 4.69) is 0 Å². The van der Waals surface area contributed by atoms with Crippen molar-refractivity contribution in [3.05, 3.63) is 0 Å². The van der Waals surface area contributed by atoms with Crippen molar-refractivity contribution in [1.82, 2.24) is 4.90 Å².